The number of rotatable bonds is 4. The fourth-order valence-electron chi connectivity index (χ4n) is 3.32. The maximum Gasteiger partial charge on any atom is 0.565 e. The molecule has 1 unspecified atom stereocenters. The third-order valence-corrected chi connectivity index (χ3v) is 8.69. The standard InChI is InChI=1S/C22H28NOSi.2ClH.Ti/c1-22(2,3)23(4,5)25(24)21-19(15-17-11-7-6-8-12-17)16-18-13-9-10-14-20(18)21;;;/h6-14,16,21H,15H2,1-5H3;2*1H;/q+1;;;/p-2. The van der Waals surface area contributed by atoms with E-state index in [0.29, 0.717) is 4.15 Å². The minimum absolute atomic E-state index is 0. The van der Waals surface area contributed by atoms with Crippen molar-refractivity contribution in [1.29, 1.82) is 0 Å². The Morgan fingerprint density at radius 2 is 1.46 bits per heavy atom. The quantitative estimate of drug-likeness (QED) is 0.512. The largest absolute Gasteiger partial charge is 1.00 e. The predicted octanol–water partition coefficient (Wildman–Crippen LogP) is -1.25. The van der Waals surface area contributed by atoms with E-state index in [0.717, 1.165) is 6.42 Å². The number of benzene rings is 2. The first-order chi connectivity index (χ1) is 11.7. The molecule has 1 aliphatic rings. The SMILES string of the molecule is CC(C)(C)[N+](C)(C)[Si](=O)C1C(Cc2ccccc2)=Cc2ccccc21.[Cl-].[Cl-].[Ti]. The number of hydrogen-bond acceptors (Lipinski definition) is 1. The van der Waals surface area contributed by atoms with Gasteiger partial charge in [0.15, 0.2) is 0 Å². The Morgan fingerprint density at radius 1 is 0.929 bits per heavy atom. The average Bonchev–Trinajstić information content (AvgIpc) is 2.91. The first-order valence-corrected chi connectivity index (χ1v) is 10.4. The zero-order valence-corrected chi connectivity index (χ0v) is 21.2. The van der Waals surface area contributed by atoms with Crippen LogP contribution in [0.15, 0.2) is 60.2 Å². The summed E-state index contributed by atoms with van der Waals surface area (Å²) in [6.45, 7) is 6.53. The summed E-state index contributed by atoms with van der Waals surface area (Å²) in [4.78, 5) is 0. The Labute approximate surface area is 198 Å². The molecule has 0 bridgehead atoms. The minimum Gasteiger partial charge on any atom is -1.00 e. The molecule has 1 atom stereocenters. The zero-order chi connectivity index (χ0) is 18.2. The van der Waals surface area contributed by atoms with E-state index in [9.17, 15) is 4.46 Å². The second-order valence-corrected chi connectivity index (χ2v) is 10.8. The van der Waals surface area contributed by atoms with Crippen LogP contribution in [-0.4, -0.2) is 32.6 Å². The van der Waals surface area contributed by atoms with E-state index in [1.807, 2.05) is 6.07 Å². The molecule has 0 heterocycles. The van der Waals surface area contributed by atoms with Crippen molar-refractivity contribution in [3.05, 3.63) is 76.9 Å². The molecule has 2 nitrogen and oxygen atoms in total. The van der Waals surface area contributed by atoms with Crippen LogP contribution in [0.5, 0.6) is 0 Å². The fourth-order valence-corrected chi connectivity index (χ4v) is 5.66. The van der Waals surface area contributed by atoms with Crippen molar-refractivity contribution < 1.29 is 55.1 Å². The van der Waals surface area contributed by atoms with Gasteiger partial charge in [0.25, 0.3) is 0 Å². The molecular formula is C22H28Cl2NOSiTi-. The van der Waals surface area contributed by atoms with E-state index in [1.165, 1.54) is 22.3 Å². The molecule has 0 aliphatic heterocycles. The van der Waals surface area contributed by atoms with Crippen molar-refractivity contribution in [1.82, 2.24) is 0 Å². The van der Waals surface area contributed by atoms with Gasteiger partial charge in [-0.05, 0) is 49.5 Å². The van der Waals surface area contributed by atoms with Gasteiger partial charge < -0.3 is 33.4 Å². The van der Waals surface area contributed by atoms with Crippen molar-refractivity contribution in [2.24, 2.45) is 0 Å². The Bertz CT molecular complexity index is 832. The van der Waals surface area contributed by atoms with Crippen LogP contribution in [0.3, 0.4) is 0 Å². The summed E-state index contributed by atoms with van der Waals surface area (Å²) in [6.07, 6.45) is 3.12. The van der Waals surface area contributed by atoms with Crippen LogP contribution in [0.25, 0.3) is 6.08 Å². The van der Waals surface area contributed by atoms with E-state index in [4.69, 9.17) is 0 Å². The van der Waals surface area contributed by atoms with Crippen molar-refractivity contribution in [3.8, 4) is 0 Å². The van der Waals surface area contributed by atoms with Crippen LogP contribution >= 0.6 is 0 Å². The van der Waals surface area contributed by atoms with Crippen molar-refractivity contribution in [2.75, 3.05) is 14.1 Å². The third kappa shape index (κ3) is 5.33. The number of nitrogens with zero attached hydrogens (tertiary/aromatic N) is 1. The molecule has 0 N–H and O–H groups in total. The number of hydrogen-bond donors (Lipinski definition) is 0. The van der Waals surface area contributed by atoms with Gasteiger partial charge in [-0.3, -0.25) is 0 Å². The number of allylic oxidation sites excluding steroid dienone is 1. The third-order valence-electron chi connectivity index (χ3n) is 5.74. The predicted molar refractivity (Wildman–Crippen MR) is 106 cm³/mol. The molecule has 1 aliphatic carbocycles. The van der Waals surface area contributed by atoms with E-state index >= 15 is 0 Å². The Kier molecular flexibility index (Phi) is 10.3. The zero-order valence-electron chi connectivity index (χ0n) is 17.2. The van der Waals surface area contributed by atoms with Gasteiger partial charge >= 0.3 is 8.84 Å². The van der Waals surface area contributed by atoms with Gasteiger partial charge in [0, 0.05) is 21.7 Å². The van der Waals surface area contributed by atoms with Crippen molar-refractivity contribution in [2.45, 2.75) is 38.3 Å². The maximum atomic E-state index is 13.8. The summed E-state index contributed by atoms with van der Waals surface area (Å²) in [5.74, 6) is 0. The van der Waals surface area contributed by atoms with Crippen molar-refractivity contribution >= 4 is 14.9 Å². The topological polar surface area (TPSA) is 17.1 Å². The van der Waals surface area contributed by atoms with Crippen LogP contribution in [0.2, 0.25) is 0 Å². The molecule has 0 fully saturated rings. The second-order valence-electron chi connectivity index (χ2n) is 8.41. The fraction of sp³-hybridized carbons (Fsp3) is 0.364. The molecule has 0 spiro atoms. The summed E-state index contributed by atoms with van der Waals surface area (Å²) in [5, 5.41) is 0. The molecule has 6 heteroatoms. The number of fused-ring (bicyclic) bond motifs is 1. The van der Waals surface area contributed by atoms with Gasteiger partial charge in [0.2, 0.25) is 0 Å². The molecule has 0 aromatic heterocycles. The van der Waals surface area contributed by atoms with E-state index in [2.05, 4.69) is 89.5 Å². The maximum absolute atomic E-state index is 13.8. The Morgan fingerprint density at radius 3 is 2.04 bits per heavy atom. The van der Waals surface area contributed by atoms with Crippen LogP contribution in [0, 0.1) is 0 Å². The molecule has 0 amide bonds. The molecule has 0 saturated heterocycles. The van der Waals surface area contributed by atoms with Crippen molar-refractivity contribution in [3.63, 3.8) is 0 Å². The summed E-state index contributed by atoms with van der Waals surface area (Å²) >= 11 is 0. The summed E-state index contributed by atoms with van der Waals surface area (Å²) in [7, 11) is 2.27. The van der Waals surface area contributed by atoms with Crippen LogP contribution in [-0.2, 0) is 32.6 Å². The van der Waals surface area contributed by atoms with E-state index in [1.54, 1.807) is 0 Å². The normalized spacial score (nSPS) is 15.3. The van der Waals surface area contributed by atoms with E-state index < -0.39 is 8.84 Å². The van der Waals surface area contributed by atoms with Gasteiger partial charge in [-0.25, -0.2) is 0 Å². The second kappa shape index (κ2) is 10.5. The average molecular weight is 469 g/mol. The molecule has 2 aromatic carbocycles. The van der Waals surface area contributed by atoms with Crippen LogP contribution < -0.4 is 24.8 Å². The minimum atomic E-state index is -1.96. The molecule has 0 saturated carbocycles. The number of quaternary nitrogens is 1. The summed E-state index contributed by atoms with van der Waals surface area (Å²) in [6, 6.07) is 18.9. The summed E-state index contributed by atoms with van der Waals surface area (Å²) < 4.78 is 14.3. The van der Waals surface area contributed by atoms with Gasteiger partial charge in [-0.1, -0.05) is 60.7 Å². The Hall–Kier alpha value is -0.549. The smallest absolute Gasteiger partial charge is 0.565 e. The molecular weight excluding hydrogens is 441 g/mol. The van der Waals surface area contributed by atoms with Crippen LogP contribution in [0.4, 0.5) is 0 Å². The van der Waals surface area contributed by atoms with Gasteiger partial charge in [-0.15, -0.1) is 0 Å². The molecule has 3 rings (SSSR count). The molecule has 2 aromatic rings. The van der Waals surface area contributed by atoms with Gasteiger partial charge in [-0.2, -0.15) is 0 Å². The summed E-state index contributed by atoms with van der Waals surface area (Å²) in [5.41, 5.74) is 4.98. The van der Waals surface area contributed by atoms with Gasteiger partial charge in [0.1, 0.15) is 5.54 Å². The molecule has 0 radical (unpaired) electrons. The Balaban J connectivity index is 0.00000243. The van der Waals surface area contributed by atoms with Gasteiger partial charge in [0.05, 0.1) is 19.6 Å². The van der Waals surface area contributed by atoms with Crippen LogP contribution in [0.1, 0.15) is 43.0 Å². The molecule has 150 valence electrons. The monoisotopic (exact) mass is 468 g/mol. The molecule has 28 heavy (non-hydrogen) atoms. The van der Waals surface area contributed by atoms with E-state index in [-0.39, 0.29) is 57.6 Å². The first kappa shape index (κ1) is 27.5. The number of halogens is 2. The first-order valence-electron chi connectivity index (χ1n) is 8.93.